The second-order valence-corrected chi connectivity index (χ2v) is 9.77. The maximum atomic E-state index is 13.5. The van der Waals surface area contributed by atoms with Gasteiger partial charge in [-0.1, -0.05) is 67.1 Å². The summed E-state index contributed by atoms with van der Waals surface area (Å²) < 4.78 is 44.8. The molecule has 0 bridgehead atoms. The molecule has 0 saturated heterocycles. The highest BCUT2D eigenvalue weighted by Gasteiger charge is 2.37. The van der Waals surface area contributed by atoms with E-state index in [0.717, 1.165) is 19.1 Å². The van der Waals surface area contributed by atoms with Crippen molar-refractivity contribution in [1.82, 2.24) is 4.72 Å². The molecule has 9 heteroatoms. The first-order valence-corrected chi connectivity index (χ1v) is 12.9. The minimum absolute atomic E-state index is 0.00461. The van der Waals surface area contributed by atoms with Gasteiger partial charge in [0, 0.05) is 5.56 Å². The lowest BCUT2D eigenvalue weighted by molar-refractivity contribution is 0.0236. The van der Waals surface area contributed by atoms with Crippen LogP contribution in [0.5, 0.6) is 5.75 Å². The van der Waals surface area contributed by atoms with Crippen LogP contribution in [0.3, 0.4) is 0 Å². The normalized spacial score (nSPS) is 12.9. The van der Waals surface area contributed by atoms with E-state index < -0.39 is 34.1 Å². The number of nitrogens with one attached hydrogen (secondary N) is 1. The number of carbonyl (C=O) groups is 2. The largest absolute Gasteiger partial charge is 0.508 e. The number of hydrogen-bond acceptors (Lipinski definition) is 7. The molecule has 0 heterocycles. The molecule has 36 heavy (non-hydrogen) atoms. The molecule has 0 aromatic heterocycles. The van der Waals surface area contributed by atoms with Gasteiger partial charge in [0.1, 0.15) is 5.75 Å². The third-order valence-electron chi connectivity index (χ3n) is 5.33. The molecule has 8 nitrogen and oxygen atoms in total. The average Bonchev–Trinajstić information content (AvgIpc) is 2.90. The predicted molar refractivity (Wildman–Crippen MR) is 135 cm³/mol. The summed E-state index contributed by atoms with van der Waals surface area (Å²) >= 11 is 0. The van der Waals surface area contributed by atoms with Gasteiger partial charge >= 0.3 is 6.16 Å². The van der Waals surface area contributed by atoms with Crippen LogP contribution in [0.4, 0.5) is 4.79 Å². The van der Waals surface area contributed by atoms with Gasteiger partial charge in [-0.15, -0.1) is 0 Å². The van der Waals surface area contributed by atoms with Crippen molar-refractivity contribution in [3.8, 4) is 5.75 Å². The van der Waals surface area contributed by atoms with Crippen LogP contribution in [0, 0.1) is 6.92 Å². The summed E-state index contributed by atoms with van der Waals surface area (Å²) in [6, 6.07) is 19.8. The lowest BCUT2D eigenvalue weighted by Crippen LogP contribution is -2.43. The molecule has 0 aliphatic carbocycles. The molecule has 0 aliphatic heterocycles. The number of benzene rings is 3. The maximum Gasteiger partial charge on any atom is 0.508 e. The first-order valence-electron chi connectivity index (χ1n) is 11.4. The summed E-state index contributed by atoms with van der Waals surface area (Å²) in [6.45, 7) is 4.34. The Kier molecular flexibility index (Phi) is 9.21. The SMILES string of the molecule is CCCOc1ccc([C@H](NS(=O)(=O)c2ccc(C)cc2)[C@H](OC(=O)OC)C(=O)c2ccccc2)cc1. The number of sulfonamides is 1. The molecule has 0 aliphatic rings. The molecule has 0 spiro atoms. The van der Waals surface area contributed by atoms with Crippen molar-refractivity contribution in [1.29, 1.82) is 0 Å². The summed E-state index contributed by atoms with van der Waals surface area (Å²) in [5.41, 5.74) is 1.53. The number of carbonyl (C=O) groups excluding carboxylic acids is 2. The molecule has 1 N–H and O–H groups in total. The van der Waals surface area contributed by atoms with Crippen LogP contribution in [-0.4, -0.2) is 40.2 Å². The fourth-order valence-corrected chi connectivity index (χ4v) is 4.66. The second kappa shape index (κ2) is 12.3. The van der Waals surface area contributed by atoms with Crippen LogP contribution in [0.25, 0.3) is 0 Å². The van der Waals surface area contributed by atoms with Gasteiger partial charge in [-0.25, -0.2) is 13.2 Å². The Balaban J connectivity index is 2.07. The Morgan fingerprint density at radius 1 is 0.917 bits per heavy atom. The van der Waals surface area contributed by atoms with E-state index in [1.165, 1.54) is 12.1 Å². The van der Waals surface area contributed by atoms with Gasteiger partial charge in [0.2, 0.25) is 15.8 Å². The van der Waals surface area contributed by atoms with Gasteiger partial charge in [0.15, 0.2) is 6.10 Å². The number of methoxy groups -OCH3 is 1. The fourth-order valence-electron chi connectivity index (χ4n) is 3.44. The Bertz CT molecular complexity index is 1260. The predicted octanol–water partition coefficient (Wildman–Crippen LogP) is 4.84. The molecular formula is C27H29NO7S. The zero-order valence-corrected chi connectivity index (χ0v) is 21.2. The Labute approximate surface area is 211 Å². The molecule has 0 radical (unpaired) electrons. The molecule has 0 amide bonds. The smallest absolute Gasteiger partial charge is 0.494 e. The van der Waals surface area contributed by atoms with Crippen molar-refractivity contribution in [2.45, 2.75) is 37.3 Å². The summed E-state index contributed by atoms with van der Waals surface area (Å²) in [5, 5.41) is 0. The van der Waals surface area contributed by atoms with Crippen LogP contribution in [0.15, 0.2) is 83.8 Å². The molecule has 0 fully saturated rings. The van der Waals surface area contributed by atoms with E-state index in [4.69, 9.17) is 9.47 Å². The van der Waals surface area contributed by atoms with E-state index in [1.807, 2.05) is 13.8 Å². The van der Waals surface area contributed by atoms with E-state index >= 15 is 0 Å². The van der Waals surface area contributed by atoms with Crippen molar-refractivity contribution < 1.29 is 32.2 Å². The van der Waals surface area contributed by atoms with Crippen LogP contribution in [0.1, 0.15) is 40.9 Å². The zero-order valence-electron chi connectivity index (χ0n) is 20.3. The minimum atomic E-state index is -4.12. The average molecular weight is 512 g/mol. The van der Waals surface area contributed by atoms with Crippen LogP contribution in [-0.2, 0) is 19.5 Å². The second-order valence-electron chi connectivity index (χ2n) is 8.05. The quantitative estimate of drug-likeness (QED) is 0.290. The molecule has 2 atom stereocenters. The van der Waals surface area contributed by atoms with Crippen LogP contribution in [0.2, 0.25) is 0 Å². The number of ketones is 1. The zero-order chi connectivity index (χ0) is 26.1. The number of rotatable bonds is 11. The third-order valence-corrected chi connectivity index (χ3v) is 6.79. The maximum absolute atomic E-state index is 13.5. The summed E-state index contributed by atoms with van der Waals surface area (Å²) in [4.78, 5) is 25.6. The number of Topliss-reactive ketones (excluding diaryl/α,β-unsaturated/α-hetero) is 1. The van der Waals surface area contributed by atoms with Gasteiger partial charge < -0.3 is 14.2 Å². The van der Waals surface area contributed by atoms with Crippen molar-refractivity contribution in [2.75, 3.05) is 13.7 Å². The molecular weight excluding hydrogens is 482 g/mol. The minimum Gasteiger partial charge on any atom is -0.494 e. The van der Waals surface area contributed by atoms with Gasteiger partial charge in [-0.2, -0.15) is 4.72 Å². The first kappa shape index (κ1) is 26.9. The summed E-state index contributed by atoms with van der Waals surface area (Å²) in [5.74, 6) is -0.00974. The van der Waals surface area contributed by atoms with Gasteiger partial charge in [0.25, 0.3) is 0 Å². The van der Waals surface area contributed by atoms with Gasteiger partial charge in [-0.05, 0) is 43.2 Å². The topological polar surface area (TPSA) is 108 Å². The van der Waals surface area contributed by atoms with E-state index in [1.54, 1.807) is 66.7 Å². The molecule has 3 rings (SSSR count). The Morgan fingerprint density at radius 2 is 1.56 bits per heavy atom. The van der Waals surface area contributed by atoms with Crippen molar-refractivity contribution in [2.24, 2.45) is 0 Å². The number of ether oxygens (including phenoxy) is 3. The lowest BCUT2D eigenvalue weighted by atomic mass is 9.95. The Hall–Kier alpha value is -3.69. The molecule has 0 saturated carbocycles. The van der Waals surface area contributed by atoms with Crippen molar-refractivity contribution >= 4 is 22.0 Å². The van der Waals surface area contributed by atoms with E-state index in [2.05, 4.69) is 9.46 Å². The molecule has 3 aromatic rings. The van der Waals surface area contributed by atoms with E-state index in [9.17, 15) is 18.0 Å². The van der Waals surface area contributed by atoms with Gasteiger partial charge in [-0.3, -0.25) is 4.79 Å². The lowest BCUT2D eigenvalue weighted by Gasteiger charge is -2.27. The monoisotopic (exact) mass is 511 g/mol. The molecule has 0 unspecified atom stereocenters. The molecule has 190 valence electrons. The Morgan fingerprint density at radius 3 is 2.14 bits per heavy atom. The number of hydrogen-bond donors (Lipinski definition) is 1. The highest BCUT2D eigenvalue weighted by atomic mass is 32.2. The molecule has 3 aromatic carbocycles. The summed E-state index contributed by atoms with van der Waals surface area (Å²) in [7, 11) is -3.01. The van der Waals surface area contributed by atoms with Crippen LogP contribution >= 0.6 is 0 Å². The fraction of sp³-hybridized carbons (Fsp3) is 0.259. The summed E-state index contributed by atoms with van der Waals surface area (Å²) in [6.07, 6.45) is -1.85. The highest BCUT2D eigenvalue weighted by Crippen LogP contribution is 2.28. The van der Waals surface area contributed by atoms with E-state index in [-0.39, 0.29) is 10.5 Å². The number of aryl methyl sites for hydroxylation is 1. The van der Waals surface area contributed by atoms with Crippen molar-refractivity contribution in [3.63, 3.8) is 0 Å². The highest BCUT2D eigenvalue weighted by molar-refractivity contribution is 7.89. The van der Waals surface area contributed by atoms with Crippen molar-refractivity contribution in [3.05, 3.63) is 95.6 Å². The third kappa shape index (κ3) is 6.93. The first-order chi connectivity index (χ1) is 17.2. The standard InChI is InChI=1S/C27H29NO7S/c1-4-18-34-22-14-12-20(13-15-22)24(28-36(31,32)23-16-10-19(2)11-17-23)26(35-27(30)33-3)25(29)21-8-6-5-7-9-21/h5-17,24,26,28H,4,18H2,1-3H3/t24-,26-/m0/s1. The van der Waals surface area contributed by atoms with E-state index in [0.29, 0.717) is 17.9 Å². The van der Waals surface area contributed by atoms with Crippen LogP contribution < -0.4 is 9.46 Å². The van der Waals surface area contributed by atoms with Gasteiger partial charge in [0.05, 0.1) is 24.7 Å².